The van der Waals surface area contributed by atoms with E-state index in [9.17, 15) is 22.8 Å². The fourth-order valence-electron chi connectivity index (χ4n) is 2.69. The number of hydrazine groups is 1. The van der Waals surface area contributed by atoms with Gasteiger partial charge in [-0.25, -0.2) is 4.98 Å². The van der Waals surface area contributed by atoms with Crippen LogP contribution in [0.25, 0.3) is 11.0 Å². The number of hydrogen-bond donors (Lipinski definition) is 2. The van der Waals surface area contributed by atoms with Crippen molar-refractivity contribution in [1.82, 2.24) is 20.4 Å². The van der Waals surface area contributed by atoms with Gasteiger partial charge in [-0.05, 0) is 32.0 Å². The highest BCUT2D eigenvalue weighted by atomic mass is 19.4. The predicted molar refractivity (Wildman–Crippen MR) is 88.5 cm³/mol. The van der Waals surface area contributed by atoms with Crippen LogP contribution in [0.2, 0.25) is 0 Å². The van der Waals surface area contributed by atoms with Gasteiger partial charge in [0, 0.05) is 0 Å². The van der Waals surface area contributed by atoms with Crippen molar-refractivity contribution in [2.24, 2.45) is 0 Å². The van der Waals surface area contributed by atoms with Crippen LogP contribution in [0, 0.1) is 13.8 Å². The highest BCUT2D eigenvalue weighted by molar-refractivity contribution is 5.96. The molecule has 0 bridgehead atoms. The van der Waals surface area contributed by atoms with E-state index in [1.807, 2.05) is 0 Å². The molecule has 7 nitrogen and oxygen atoms in total. The first-order valence-electron chi connectivity index (χ1n) is 7.85. The number of aryl methyl sites for hydroxylation is 2. The second-order valence-electron chi connectivity index (χ2n) is 5.84. The number of halogens is 3. The van der Waals surface area contributed by atoms with E-state index in [4.69, 9.17) is 4.42 Å². The smallest absolute Gasteiger partial charge is 0.449 e. The molecule has 142 valence electrons. The Morgan fingerprint density at radius 1 is 1.19 bits per heavy atom. The maximum Gasteiger partial charge on any atom is 0.449 e. The zero-order chi connectivity index (χ0) is 19.8. The Hall–Kier alpha value is -3.30. The van der Waals surface area contributed by atoms with Gasteiger partial charge in [0.05, 0.1) is 16.6 Å². The highest BCUT2D eigenvalue weighted by Gasteiger charge is 2.38. The lowest BCUT2D eigenvalue weighted by Gasteiger charge is -2.12. The van der Waals surface area contributed by atoms with Gasteiger partial charge in [-0.2, -0.15) is 13.2 Å². The van der Waals surface area contributed by atoms with E-state index in [-0.39, 0.29) is 16.6 Å². The number of alkyl halides is 3. The SMILES string of the molecule is Cc1cc(C(=O)NNC(=O)Cn2c(C(F)(F)F)nc3ccccc32)c(C)o1. The molecule has 2 aromatic heterocycles. The molecular formula is C17H15F3N4O3. The quantitative estimate of drug-likeness (QED) is 0.684. The van der Waals surface area contributed by atoms with Gasteiger partial charge in [0.15, 0.2) is 0 Å². The topological polar surface area (TPSA) is 89.2 Å². The Morgan fingerprint density at radius 3 is 2.52 bits per heavy atom. The predicted octanol–water partition coefficient (Wildman–Crippen LogP) is 2.73. The zero-order valence-corrected chi connectivity index (χ0v) is 14.3. The van der Waals surface area contributed by atoms with Crippen molar-refractivity contribution >= 4 is 22.8 Å². The van der Waals surface area contributed by atoms with Gasteiger partial charge < -0.3 is 8.98 Å². The van der Waals surface area contributed by atoms with E-state index in [1.54, 1.807) is 26.0 Å². The maximum atomic E-state index is 13.2. The van der Waals surface area contributed by atoms with E-state index in [0.717, 1.165) is 4.57 Å². The summed E-state index contributed by atoms with van der Waals surface area (Å²) in [7, 11) is 0. The maximum absolute atomic E-state index is 13.2. The molecule has 0 fully saturated rings. The Bertz CT molecular complexity index is 1020. The second-order valence-corrected chi connectivity index (χ2v) is 5.84. The lowest BCUT2D eigenvalue weighted by Crippen LogP contribution is -2.43. The molecule has 2 amide bonds. The molecule has 0 saturated heterocycles. The van der Waals surface area contributed by atoms with Crippen LogP contribution in [0.4, 0.5) is 13.2 Å². The number of fused-ring (bicyclic) bond motifs is 1. The number of imidazole rings is 1. The van der Waals surface area contributed by atoms with Crippen LogP contribution < -0.4 is 10.9 Å². The highest BCUT2D eigenvalue weighted by Crippen LogP contribution is 2.31. The first-order chi connectivity index (χ1) is 12.7. The van der Waals surface area contributed by atoms with Crippen LogP contribution in [0.3, 0.4) is 0 Å². The standard InChI is InChI=1S/C17H15F3N4O3/c1-9-7-11(10(2)27-9)15(26)23-22-14(25)8-24-13-6-4-3-5-12(13)21-16(24)17(18,19)20/h3-7H,8H2,1-2H3,(H,22,25)(H,23,26). The number of hydrogen-bond acceptors (Lipinski definition) is 4. The molecule has 0 aliphatic carbocycles. The number of nitrogens with one attached hydrogen (secondary N) is 2. The molecule has 0 radical (unpaired) electrons. The number of amides is 2. The fourth-order valence-corrected chi connectivity index (χ4v) is 2.69. The lowest BCUT2D eigenvalue weighted by molar-refractivity contribution is -0.147. The van der Waals surface area contributed by atoms with Crippen LogP contribution >= 0.6 is 0 Å². The number of nitrogens with zero attached hydrogens (tertiary/aromatic N) is 2. The molecule has 0 aliphatic heterocycles. The first kappa shape index (κ1) is 18.5. The second kappa shape index (κ2) is 6.78. The van der Waals surface area contributed by atoms with Gasteiger partial charge in [0.2, 0.25) is 5.82 Å². The summed E-state index contributed by atoms with van der Waals surface area (Å²) < 4.78 is 45.6. The van der Waals surface area contributed by atoms with Gasteiger partial charge in [-0.1, -0.05) is 12.1 Å². The summed E-state index contributed by atoms with van der Waals surface area (Å²) in [4.78, 5) is 27.7. The Balaban J connectivity index is 1.76. The van der Waals surface area contributed by atoms with E-state index < -0.39 is 30.4 Å². The fraction of sp³-hybridized carbons (Fsp3) is 0.235. The van der Waals surface area contributed by atoms with E-state index in [1.165, 1.54) is 18.2 Å². The summed E-state index contributed by atoms with van der Waals surface area (Å²) in [5.74, 6) is -1.78. The first-order valence-corrected chi connectivity index (χ1v) is 7.85. The number of carbonyl (C=O) groups excluding carboxylic acids is 2. The van der Waals surface area contributed by atoms with Crippen molar-refractivity contribution in [3.05, 3.63) is 53.2 Å². The number of aromatic nitrogens is 2. The normalized spacial score (nSPS) is 11.6. The van der Waals surface area contributed by atoms with Gasteiger partial charge in [-0.3, -0.25) is 20.4 Å². The van der Waals surface area contributed by atoms with E-state index in [0.29, 0.717) is 11.5 Å². The molecule has 2 heterocycles. The molecule has 0 spiro atoms. The Labute approximate surface area is 151 Å². The van der Waals surface area contributed by atoms with Crippen molar-refractivity contribution in [3.8, 4) is 0 Å². The van der Waals surface area contributed by atoms with Crippen LogP contribution in [0.1, 0.15) is 27.7 Å². The lowest BCUT2D eigenvalue weighted by atomic mass is 10.2. The molecule has 3 rings (SSSR count). The number of benzene rings is 1. The minimum absolute atomic E-state index is 0.117. The molecule has 1 aromatic carbocycles. The summed E-state index contributed by atoms with van der Waals surface area (Å²) in [6.45, 7) is 2.57. The van der Waals surface area contributed by atoms with Crippen molar-refractivity contribution in [3.63, 3.8) is 0 Å². The summed E-state index contributed by atoms with van der Waals surface area (Å²) >= 11 is 0. The van der Waals surface area contributed by atoms with Crippen LogP contribution in [-0.4, -0.2) is 21.4 Å². The van der Waals surface area contributed by atoms with E-state index in [2.05, 4.69) is 15.8 Å². The Kier molecular flexibility index (Phi) is 4.64. The van der Waals surface area contributed by atoms with Gasteiger partial charge in [-0.15, -0.1) is 0 Å². The average Bonchev–Trinajstić information content (AvgIpc) is 3.12. The number of carbonyl (C=O) groups is 2. The molecule has 27 heavy (non-hydrogen) atoms. The van der Waals surface area contributed by atoms with Crippen LogP contribution in [0.15, 0.2) is 34.7 Å². The van der Waals surface area contributed by atoms with Crippen molar-refractivity contribution in [1.29, 1.82) is 0 Å². The minimum atomic E-state index is -4.73. The van der Waals surface area contributed by atoms with Crippen molar-refractivity contribution in [2.45, 2.75) is 26.6 Å². The van der Waals surface area contributed by atoms with Gasteiger partial charge in [0.25, 0.3) is 11.8 Å². The Morgan fingerprint density at radius 2 is 1.89 bits per heavy atom. The molecular weight excluding hydrogens is 365 g/mol. The summed E-state index contributed by atoms with van der Waals surface area (Å²) in [6, 6.07) is 7.44. The third-order valence-electron chi connectivity index (χ3n) is 3.81. The van der Waals surface area contributed by atoms with Crippen LogP contribution in [0.5, 0.6) is 0 Å². The van der Waals surface area contributed by atoms with Gasteiger partial charge >= 0.3 is 6.18 Å². The van der Waals surface area contributed by atoms with Crippen molar-refractivity contribution < 1.29 is 27.2 Å². The molecule has 0 atom stereocenters. The minimum Gasteiger partial charge on any atom is -0.466 e. The molecule has 3 aromatic rings. The average molecular weight is 380 g/mol. The molecule has 0 saturated carbocycles. The number of para-hydroxylation sites is 2. The van der Waals surface area contributed by atoms with Crippen LogP contribution in [-0.2, 0) is 17.5 Å². The number of rotatable bonds is 3. The third kappa shape index (κ3) is 3.78. The summed E-state index contributed by atoms with van der Waals surface area (Å²) in [6.07, 6.45) is -4.73. The zero-order valence-electron chi connectivity index (χ0n) is 14.3. The monoisotopic (exact) mass is 380 g/mol. The molecule has 0 unspecified atom stereocenters. The molecule has 10 heteroatoms. The summed E-state index contributed by atoms with van der Waals surface area (Å²) in [5, 5.41) is 0. The number of furan rings is 1. The third-order valence-corrected chi connectivity index (χ3v) is 3.81. The molecule has 2 N–H and O–H groups in total. The summed E-state index contributed by atoms with van der Waals surface area (Å²) in [5.41, 5.74) is 4.76. The van der Waals surface area contributed by atoms with E-state index >= 15 is 0 Å². The van der Waals surface area contributed by atoms with Crippen molar-refractivity contribution in [2.75, 3.05) is 0 Å². The largest absolute Gasteiger partial charge is 0.466 e. The van der Waals surface area contributed by atoms with Gasteiger partial charge in [0.1, 0.15) is 18.1 Å². The molecule has 0 aliphatic rings.